The molecule has 1 aliphatic heterocycles. The van der Waals surface area contributed by atoms with E-state index in [1.54, 1.807) is 43.4 Å². The van der Waals surface area contributed by atoms with E-state index < -0.39 is 6.04 Å². The quantitative estimate of drug-likeness (QED) is 0.568. The number of carbonyl (C=O) groups is 1. The second-order valence-corrected chi connectivity index (χ2v) is 7.37. The van der Waals surface area contributed by atoms with E-state index in [9.17, 15) is 9.18 Å². The average Bonchev–Trinajstić information content (AvgIpc) is 2.78. The molecule has 5 nitrogen and oxygen atoms in total. The van der Waals surface area contributed by atoms with Crippen LogP contribution in [-0.2, 0) is 6.42 Å². The number of fused-ring (bicyclic) bond motifs is 1. The number of carbonyl (C=O) groups excluding carboxylic acids is 1. The Hall–Kier alpha value is -3.12. The van der Waals surface area contributed by atoms with Crippen LogP contribution in [0.5, 0.6) is 11.5 Å². The fourth-order valence-electron chi connectivity index (χ4n) is 3.84. The number of ether oxygens (including phenoxy) is 2. The minimum atomic E-state index is -0.405. The van der Waals surface area contributed by atoms with Gasteiger partial charge in [-0.25, -0.2) is 9.37 Å². The highest BCUT2D eigenvalue weighted by atomic mass is 35.5. The fourth-order valence-corrected chi connectivity index (χ4v) is 3.95. The molecule has 154 valence electrons. The van der Waals surface area contributed by atoms with Crippen LogP contribution in [0.25, 0.3) is 0 Å². The number of aromatic nitrogens is 1. The predicted octanol–water partition coefficient (Wildman–Crippen LogP) is 4.68. The topological polar surface area (TPSA) is 51.7 Å². The van der Waals surface area contributed by atoms with Crippen LogP contribution >= 0.6 is 11.6 Å². The van der Waals surface area contributed by atoms with Crippen LogP contribution in [0.2, 0.25) is 5.15 Å². The van der Waals surface area contributed by atoms with Crippen molar-refractivity contribution in [2.75, 3.05) is 20.8 Å². The highest BCUT2D eigenvalue weighted by Gasteiger charge is 2.34. The van der Waals surface area contributed by atoms with Gasteiger partial charge in [0.05, 0.1) is 25.8 Å². The molecule has 0 aliphatic carbocycles. The van der Waals surface area contributed by atoms with E-state index in [1.165, 1.54) is 18.3 Å². The van der Waals surface area contributed by atoms with Crippen molar-refractivity contribution in [1.82, 2.24) is 9.88 Å². The van der Waals surface area contributed by atoms with E-state index >= 15 is 0 Å². The van der Waals surface area contributed by atoms with E-state index in [-0.39, 0.29) is 11.7 Å². The van der Waals surface area contributed by atoms with Gasteiger partial charge in [-0.3, -0.25) is 4.79 Å². The Balaban J connectivity index is 1.84. The molecule has 2 aromatic carbocycles. The molecule has 1 unspecified atom stereocenters. The predicted molar refractivity (Wildman–Crippen MR) is 112 cm³/mol. The van der Waals surface area contributed by atoms with Crippen molar-refractivity contribution in [2.24, 2.45) is 0 Å². The van der Waals surface area contributed by atoms with E-state index in [0.29, 0.717) is 35.2 Å². The zero-order valence-corrected chi connectivity index (χ0v) is 17.3. The van der Waals surface area contributed by atoms with Crippen LogP contribution in [0.4, 0.5) is 4.39 Å². The molecule has 4 rings (SSSR count). The van der Waals surface area contributed by atoms with Crippen molar-refractivity contribution in [1.29, 1.82) is 0 Å². The van der Waals surface area contributed by atoms with Gasteiger partial charge in [0.25, 0.3) is 5.91 Å². The molecule has 0 N–H and O–H groups in total. The third kappa shape index (κ3) is 3.71. The molecule has 0 saturated carbocycles. The van der Waals surface area contributed by atoms with E-state index in [4.69, 9.17) is 21.1 Å². The first-order chi connectivity index (χ1) is 14.5. The van der Waals surface area contributed by atoms with Crippen molar-refractivity contribution in [3.05, 3.63) is 88.0 Å². The van der Waals surface area contributed by atoms with Gasteiger partial charge in [-0.05, 0) is 59.5 Å². The zero-order chi connectivity index (χ0) is 21.3. The molecule has 1 atom stereocenters. The molecule has 1 aromatic heterocycles. The first-order valence-corrected chi connectivity index (χ1v) is 9.82. The number of methoxy groups -OCH3 is 2. The largest absolute Gasteiger partial charge is 0.493 e. The van der Waals surface area contributed by atoms with E-state index in [2.05, 4.69) is 4.98 Å². The molecular weight excluding hydrogens is 407 g/mol. The molecule has 0 bridgehead atoms. The lowest BCUT2D eigenvalue weighted by molar-refractivity contribution is 0.0693. The van der Waals surface area contributed by atoms with Crippen molar-refractivity contribution in [2.45, 2.75) is 12.5 Å². The van der Waals surface area contributed by atoms with Crippen molar-refractivity contribution in [3.8, 4) is 11.5 Å². The summed E-state index contributed by atoms with van der Waals surface area (Å²) >= 11 is 5.87. The van der Waals surface area contributed by atoms with Crippen LogP contribution in [0, 0.1) is 5.82 Å². The van der Waals surface area contributed by atoms with Gasteiger partial charge in [0.2, 0.25) is 0 Å². The summed E-state index contributed by atoms with van der Waals surface area (Å²) in [6.45, 7) is 0.492. The van der Waals surface area contributed by atoms with Crippen molar-refractivity contribution < 1.29 is 18.7 Å². The Bertz CT molecular complexity index is 1070. The number of nitrogens with zero attached hydrogens (tertiary/aromatic N) is 2. The summed E-state index contributed by atoms with van der Waals surface area (Å²) in [5.74, 6) is 0.706. The molecule has 0 saturated heterocycles. The van der Waals surface area contributed by atoms with Crippen molar-refractivity contribution in [3.63, 3.8) is 0 Å². The molecule has 1 amide bonds. The Kier molecular flexibility index (Phi) is 5.59. The monoisotopic (exact) mass is 426 g/mol. The minimum Gasteiger partial charge on any atom is -0.493 e. The fraction of sp³-hybridized carbons (Fsp3) is 0.217. The summed E-state index contributed by atoms with van der Waals surface area (Å²) in [6, 6.07) is 12.9. The van der Waals surface area contributed by atoms with Gasteiger partial charge in [-0.1, -0.05) is 23.7 Å². The number of hydrogen-bond donors (Lipinski definition) is 0. The Morgan fingerprint density at radius 2 is 1.80 bits per heavy atom. The number of benzene rings is 2. The summed E-state index contributed by atoms with van der Waals surface area (Å²) in [6.07, 6.45) is 2.12. The maximum Gasteiger partial charge on any atom is 0.256 e. The van der Waals surface area contributed by atoms with Gasteiger partial charge >= 0.3 is 0 Å². The van der Waals surface area contributed by atoms with Crippen LogP contribution in [0.3, 0.4) is 0 Å². The van der Waals surface area contributed by atoms with Gasteiger partial charge in [-0.2, -0.15) is 0 Å². The van der Waals surface area contributed by atoms with Gasteiger partial charge < -0.3 is 14.4 Å². The lowest BCUT2D eigenvalue weighted by Gasteiger charge is -2.38. The highest BCUT2D eigenvalue weighted by Crippen LogP contribution is 2.41. The molecule has 0 fully saturated rings. The molecule has 3 aromatic rings. The van der Waals surface area contributed by atoms with Crippen LogP contribution in [0.1, 0.15) is 33.1 Å². The van der Waals surface area contributed by atoms with E-state index in [0.717, 1.165) is 16.7 Å². The van der Waals surface area contributed by atoms with Crippen LogP contribution in [0.15, 0.2) is 54.7 Å². The first-order valence-electron chi connectivity index (χ1n) is 9.44. The summed E-state index contributed by atoms with van der Waals surface area (Å²) in [5.41, 5.74) is 3.22. The van der Waals surface area contributed by atoms with Gasteiger partial charge in [0, 0.05) is 12.7 Å². The van der Waals surface area contributed by atoms with E-state index in [1.807, 2.05) is 12.1 Å². The number of amides is 1. The molecular formula is C23H20ClFN2O3. The maximum absolute atomic E-state index is 13.6. The number of halogens is 2. The number of hydrogen-bond acceptors (Lipinski definition) is 4. The lowest BCUT2D eigenvalue weighted by Crippen LogP contribution is -2.40. The van der Waals surface area contributed by atoms with Crippen LogP contribution < -0.4 is 9.47 Å². The molecule has 2 heterocycles. The Morgan fingerprint density at radius 3 is 2.43 bits per heavy atom. The highest BCUT2D eigenvalue weighted by molar-refractivity contribution is 6.29. The normalized spacial score (nSPS) is 15.5. The second-order valence-electron chi connectivity index (χ2n) is 6.98. The third-order valence-corrected chi connectivity index (χ3v) is 5.52. The first kappa shape index (κ1) is 20.2. The summed E-state index contributed by atoms with van der Waals surface area (Å²) in [4.78, 5) is 19.2. The van der Waals surface area contributed by atoms with Gasteiger partial charge in [0.1, 0.15) is 11.0 Å². The molecule has 0 spiro atoms. The lowest BCUT2D eigenvalue weighted by atomic mass is 9.87. The zero-order valence-electron chi connectivity index (χ0n) is 16.6. The summed E-state index contributed by atoms with van der Waals surface area (Å²) in [7, 11) is 3.16. The standard InChI is InChI=1S/C23H20ClFN2O3/c1-29-19-11-15-9-10-27(23(28)16-5-8-21(24)26-13-16)22(18(15)12-20(19)30-2)14-3-6-17(25)7-4-14/h3-8,11-13,22H,9-10H2,1-2H3. The molecule has 30 heavy (non-hydrogen) atoms. The van der Waals surface area contributed by atoms with Gasteiger partial charge in [-0.15, -0.1) is 0 Å². The molecule has 0 radical (unpaired) electrons. The van der Waals surface area contributed by atoms with Gasteiger partial charge in [0.15, 0.2) is 11.5 Å². The number of rotatable bonds is 4. The smallest absolute Gasteiger partial charge is 0.256 e. The summed E-state index contributed by atoms with van der Waals surface area (Å²) < 4.78 is 24.5. The Labute approximate surface area is 179 Å². The second kappa shape index (κ2) is 8.32. The molecule has 1 aliphatic rings. The average molecular weight is 427 g/mol. The number of pyridine rings is 1. The Morgan fingerprint density at radius 1 is 1.10 bits per heavy atom. The minimum absolute atomic E-state index is 0.172. The maximum atomic E-state index is 13.6. The SMILES string of the molecule is COc1cc2c(cc1OC)C(c1ccc(F)cc1)N(C(=O)c1ccc(Cl)nc1)CC2. The third-order valence-electron chi connectivity index (χ3n) is 5.29. The summed E-state index contributed by atoms with van der Waals surface area (Å²) in [5, 5.41) is 0.322. The molecule has 7 heteroatoms. The van der Waals surface area contributed by atoms with Crippen molar-refractivity contribution >= 4 is 17.5 Å². The van der Waals surface area contributed by atoms with Crippen LogP contribution in [-0.4, -0.2) is 36.6 Å².